The number of carbonyl (C=O) groups is 1. The average Bonchev–Trinajstić information content (AvgIpc) is 2.26. The molecule has 0 aliphatic carbocycles. The van der Waals surface area contributed by atoms with Crippen LogP contribution in [-0.2, 0) is 0 Å². The van der Waals surface area contributed by atoms with Crippen LogP contribution in [0.2, 0.25) is 0 Å². The maximum atomic E-state index is 13.6. The molecule has 2 nitrogen and oxygen atoms in total. The van der Waals surface area contributed by atoms with Crippen molar-refractivity contribution in [2.45, 2.75) is 19.5 Å². The molecule has 0 bridgehead atoms. The lowest BCUT2D eigenvalue weighted by Crippen LogP contribution is -2.36. The summed E-state index contributed by atoms with van der Waals surface area (Å²) in [5.41, 5.74) is -1.02. The maximum absolute atomic E-state index is 13.6. The monoisotopic (exact) mass is 281 g/mol. The lowest BCUT2D eigenvalue weighted by atomic mass is 10.1. The van der Waals surface area contributed by atoms with E-state index >= 15 is 0 Å². The highest BCUT2D eigenvalue weighted by atomic mass is 19.4. The largest absolute Gasteiger partial charge is 0.405 e. The highest BCUT2D eigenvalue weighted by molar-refractivity contribution is 5.76. The van der Waals surface area contributed by atoms with Gasteiger partial charge in [-0.3, -0.25) is 4.79 Å². The van der Waals surface area contributed by atoms with Gasteiger partial charge in [0.15, 0.2) is 0 Å². The molecule has 0 aliphatic heterocycles. The Kier molecular flexibility index (Phi) is 4.85. The summed E-state index contributed by atoms with van der Waals surface area (Å²) in [4.78, 5) is 11.0. The molecule has 0 radical (unpaired) electrons. The summed E-state index contributed by atoms with van der Waals surface area (Å²) in [6.07, 6.45) is -4.05. The standard InChI is InChI=1S/C12H12F5NO/c1-2-3-18(7-12(15,16)17)11-9(13)4-8(6-19)5-10(11)14/h4-6H,2-3,7H2,1H3. The fourth-order valence-electron chi connectivity index (χ4n) is 1.71. The van der Waals surface area contributed by atoms with Crippen LogP contribution < -0.4 is 4.90 Å². The maximum Gasteiger partial charge on any atom is 0.405 e. The Hall–Kier alpha value is -1.66. The first-order chi connectivity index (χ1) is 8.78. The first-order valence-corrected chi connectivity index (χ1v) is 5.54. The SMILES string of the molecule is CCCN(CC(F)(F)F)c1c(F)cc(C=O)cc1F. The summed E-state index contributed by atoms with van der Waals surface area (Å²) in [5, 5.41) is 0. The third-order valence-corrected chi connectivity index (χ3v) is 2.36. The van der Waals surface area contributed by atoms with E-state index in [0.29, 0.717) is 23.5 Å². The van der Waals surface area contributed by atoms with Crippen molar-refractivity contribution in [1.82, 2.24) is 0 Å². The molecule has 0 unspecified atom stereocenters. The molecule has 106 valence electrons. The molecule has 1 aromatic rings. The van der Waals surface area contributed by atoms with Crippen LogP contribution in [0.5, 0.6) is 0 Å². The number of alkyl halides is 3. The molecule has 0 fully saturated rings. The molecule has 7 heteroatoms. The van der Waals surface area contributed by atoms with Gasteiger partial charge in [-0.05, 0) is 18.6 Å². The van der Waals surface area contributed by atoms with E-state index in [1.54, 1.807) is 6.92 Å². The van der Waals surface area contributed by atoms with Crippen molar-refractivity contribution in [2.75, 3.05) is 18.0 Å². The smallest absolute Gasteiger partial charge is 0.358 e. The number of halogens is 5. The Morgan fingerprint density at radius 1 is 1.21 bits per heavy atom. The normalized spacial score (nSPS) is 11.5. The third kappa shape index (κ3) is 4.18. The molecule has 0 spiro atoms. The van der Waals surface area contributed by atoms with Gasteiger partial charge in [0.1, 0.15) is 30.2 Å². The van der Waals surface area contributed by atoms with Crippen molar-refractivity contribution >= 4 is 12.0 Å². The van der Waals surface area contributed by atoms with Crippen molar-refractivity contribution in [1.29, 1.82) is 0 Å². The Morgan fingerprint density at radius 3 is 2.11 bits per heavy atom. The van der Waals surface area contributed by atoms with E-state index in [1.165, 1.54) is 0 Å². The summed E-state index contributed by atoms with van der Waals surface area (Å²) in [6.45, 7) is 0.00186. The molecule has 0 heterocycles. The molecule has 0 aromatic heterocycles. The number of carbonyl (C=O) groups excluding carboxylic acids is 1. The number of rotatable bonds is 5. The molecule has 19 heavy (non-hydrogen) atoms. The minimum atomic E-state index is -4.57. The van der Waals surface area contributed by atoms with Crippen LogP contribution in [0.4, 0.5) is 27.6 Å². The van der Waals surface area contributed by atoms with E-state index < -0.39 is 30.0 Å². The average molecular weight is 281 g/mol. The van der Waals surface area contributed by atoms with E-state index in [2.05, 4.69) is 0 Å². The summed E-state index contributed by atoms with van der Waals surface area (Å²) in [5.74, 6) is -2.36. The lowest BCUT2D eigenvalue weighted by molar-refractivity contribution is -0.119. The van der Waals surface area contributed by atoms with E-state index in [4.69, 9.17) is 0 Å². The summed E-state index contributed by atoms with van der Waals surface area (Å²) in [6, 6.07) is 1.43. The minimum absolute atomic E-state index is 0.145. The number of hydrogen-bond donors (Lipinski definition) is 0. The van der Waals surface area contributed by atoms with Crippen molar-refractivity contribution in [3.63, 3.8) is 0 Å². The van der Waals surface area contributed by atoms with Gasteiger partial charge in [0.25, 0.3) is 0 Å². The predicted molar refractivity (Wildman–Crippen MR) is 60.3 cm³/mol. The quantitative estimate of drug-likeness (QED) is 0.607. The Balaban J connectivity index is 3.19. The topological polar surface area (TPSA) is 20.3 Å². The van der Waals surface area contributed by atoms with Crippen molar-refractivity contribution in [2.24, 2.45) is 0 Å². The van der Waals surface area contributed by atoms with Crippen LogP contribution in [-0.4, -0.2) is 25.6 Å². The molecule has 0 aliphatic rings. The molecule has 0 atom stereocenters. The number of hydrogen-bond acceptors (Lipinski definition) is 2. The molecule has 0 saturated carbocycles. The molecule has 1 aromatic carbocycles. The third-order valence-electron chi connectivity index (χ3n) is 2.36. The summed E-state index contributed by atoms with van der Waals surface area (Å²) < 4.78 is 64.4. The van der Waals surface area contributed by atoms with Crippen LogP contribution in [0.1, 0.15) is 23.7 Å². The zero-order valence-electron chi connectivity index (χ0n) is 10.1. The zero-order chi connectivity index (χ0) is 14.6. The molecular weight excluding hydrogens is 269 g/mol. The van der Waals surface area contributed by atoms with Gasteiger partial charge < -0.3 is 4.90 Å². The van der Waals surface area contributed by atoms with Gasteiger partial charge in [0, 0.05) is 12.1 Å². The van der Waals surface area contributed by atoms with E-state index in [1.807, 2.05) is 0 Å². The zero-order valence-corrected chi connectivity index (χ0v) is 10.1. The fourth-order valence-corrected chi connectivity index (χ4v) is 1.71. The van der Waals surface area contributed by atoms with Crippen molar-refractivity contribution in [3.8, 4) is 0 Å². The highest BCUT2D eigenvalue weighted by Crippen LogP contribution is 2.28. The van der Waals surface area contributed by atoms with Gasteiger partial charge in [-0.15, -0.1) is 0 Å². The van der Waals surface area contributed by atoms with Gasteiger partial charge in [0.05, 0.1) is 0 Å². The number of anilines is 1. The molecule has 1 rings (SSSR count). The van der Waals surface area contributed by atoms with Gasteiger partial charge in [-0.2, -0.15) is 13.2 Å². The van der Waals surface area contributed by atoms with E-state index in [-0.39, 0.29) is 18.4 Å². The van der Waals surface area contributed by atoms with E-state index in [0.717, 1.165) is 0 Å². The van der Waals surface area contributed by atoms with E-state index in [9.17, 15) is 26.7 Å². The Morgan fingerprint density at radius 2 is 1.74 bits per heavy atom. The predicted octanol–water partition coefficient (Wildman–Crippen LogP) is 3.56. The first-order valence-electron chi connectivity index (χ1n) is 5.54. The van der Waals surface area contributed by atoms with Crippen LogP contribution in [0.3, 0.4) is 0 Å². The van der Waals surface area contributed by atoms with Crippen LogP contribution in [0, 0.1) is 11.6 Å². The molecule has 0 N–H and O–H groups in total. The van der Waals surface area contributed by atoms with Gasteiger partial charge in [-0.1, -0.05) is 6.92 Å². The molecular formula is C12H12F5NO. The summed E-state index contributed by atoms with van der Waals surface area (Å²) in [7, 11) is 0. The number of benzene rings is 1. The second-order valence-corrected chi connectivity index (χ2v) is 3.99. The second kappa shape index (κ2) is 5.99. The van der Waals surface area contributed by atoms with Gasteiger partial charge in [0.2, 0.25) is 0 Å². The highest BCUT2D eigenvalue weighted by Gasteiger charge is 2.32. The second-order valence-electron chi connectivity index (χ2n) is 3.99. The lowest BCUT2D eigenvalue weighted by Gasteiger charge is -2.26. The Labute approximate surface area is 106 Å². The van der Waals surface area contributed by atoms with Gasteiger partial charge >= 0.3 is 6.18 Å². The van der Waals surface area contributed by atoms with Crippen molar-refractivity contribution in [3.05, 3.63) is 29.3 Å². The Bertz CT molecular complexity index is 435. The summed E-state index contributed by atoms with van der Waals surface area (Å²) >= 11 is 0. The minimum Gasteiger partial charge on any atom is -0.358 e. The molecule has 0 amide bonds. The van der Waals surface area contributed by atoms with Crippen molar-refractivity contribution < 1.29 is 26.7 Å². The fraction of sp³-hybridized carbons (Fsp3) is 0.417. The van der Waals surface area contributed by atoms with Crippen LogP contribution >= 0.6 is 0 Å². The molecule has 0 saturated heterocycles. The van der Waals surface area contributed by atoms with Gasteiger partial charge in [-0.25, -0.2) is 8.78 Å². The van der Waals surface area contributed by atoms with Crippen LogP contribution in [0.25, 0.3) is 0 Å². The number of aldehydes is 1. The number of nitrogens with zero attached hydrogens (tertiary/aromatic N) is 1. The van der Waals surface area contributed by atoms with Crippen LogP contribution in [0.15, 0.2) is 12.1 Å². The first kappa shape index (κ1) is 15.4.